The highest BCUT2D eigenvalue weighted by molar-refractivity contribution is 5.85. The minimum absolute atomic E-state index is 0. The van der Waals surface area contributed by atoms with Crippen molar-refractivity contribution >= 4 is 18.1 Å². The molecule has 0 saturated carbocycles. The van der Waals surface area contributed by atoms with E-state index >= 15 is 0 Å². The third kappa shape index (κ3) is 5.15. The van der Waals surface area contributed by atoms with Gasteiger partial charge in [-0.05, 0) is 17.9 Å². The fourth-order valence-electron chi connectivity index (χ4n) is 3.10. The Hall–Kier alpha value is -1.71. The first kappa shape index (κ1) is 22.3. The highest BCUT2D eigenvalue weighted by Gasteiger charge is 2.34. The zero-order chi connectivity index (χ0) is 18.8. The van der Waals surface area contributed by atoms with Crippen LogP contribution < -0.4 is 15.2 Å². The first-order valence-electron chi connectivity index (χ1n) is 7.92. The van der Waals surface area contributed by atoms with Crippen LogP contribution in [0.15, 0.2) is 12.1 Å². The molecule has 1 unspecified atom stereocenters. The second-order valence-electron chi connectivity index (χ2n) is 6.86. The molecular formula is C16H24ClF2N3O4. The quantitative estimate of drug-likeness (QED) is 0.587. The minimum Gasteiger partial charge on any atom is -0.493 e. The molecule has 1 fully saturated rings. The van der Waals surface area contributed by atoms with E-state index in [4.69, 9.17) is 10.5 Å². The Kier molecular flexibility index (Phi) is 7.55. The highest BCUT2D eigenvalue weighted by Crippen LogP contribution is 2.37. The lowest BCUT2D eigenvalue weighted by molar-refractivity contribution is -0.385. The Morgan fingerprint density at radius 3 is 2.58 bits per heavy atom. The summed E-state index contributed by atoms with van der Waals surface area (Å²) in [5, 5.41) is 11.4. The van der Waals surface area contributed by atoms with Gasteiger partial charge in [0.2, 0.25) is 0 Å². The van der Waals surface area contributed by atoms with Crippen molar-refractivity contribution in [2.24, 2.45) is 11.1 Å². The predicted octanol–water partition coefficient (Wildman–Crippen LogP) is 3.19. The summed E-state index contributed by atoms with van der Waals surface area (Å²) in [7, 11) is 1.30. The van der Waals surface area contributed by atoms with Gasteiger partial charge in [0.25, 0.3) is 5.69 Å². The molecule has 0 bridgehead atoms. The van der Waals surface area contributed by atoms with Crippen molar-refractivity contribution in [3.8, 4) is 11.5 Å². The van der Waals surface area contributed by atoms with Gasteiger partial charge in [-0.15, -0.1) is 12.4 Å². The molecule has 10 heteroatoms. The summed E-state index contributed by atoms with van der Waals surface area (Å²) >= 11 is 0. The maximum atomic E-state index is 12.5. The van der Waals surface area contributed by atoms with Crippen molar-refractivity contribution in [3.63, 3.8) is 0 Å². The Labute approximate surface area is 157 Å². The van der Waals surface area contributed by atoms with Crippen LogP contribution in [0.25, 0.3) is 0 Å². The second-order valence-corrected chi connectivity index (χ2v) is 6.86. The van der Waals surface area contributed by atoms with Crippen molar-refractivity contribution in [2.45, 2.75) is 39.5 Å². The van der Waals surface area contributed by atoms with E-state index in [1.807, 2.05) is 0 Å². The Bertz CT molecular complexity index is 646. The molecule has 1 aliphatic heterocycles. The fourth-order valence-corrected chi connectivity index (χ4v) is 3.10. The average molecular weight is 396 g/mol. The molecule has 1 aromatic rings. The molecule has 1 aromatic carbocycles. The molecule has 7 nitrogen and oxygen atoms in total. The van der Waals surface area contributed by atoms with Crippen LogP contribution in [0.4, 0.5) is 14.5 Å². The molecule has 0 aromatic heterocycles. The lowest BCUT2D eigenvalue weighted by Gasteiger charge is -2.42. The number of benzene rings is 1. The molecule has 0 spiro atoms. The number of alkyl halides is 2. The average Bonchev–Trinajstić information content (AvgIpc) is 2.50. The number of nitro benzene ring substituents is 1. The maximum Gasteiger partial charge on any atom is 0.387 e. The lowest BCUT2D eigenvalue weighted by atomic mass is 9.79. The van der Waals surface area contributed by atoms with E-state index < -0.39 is 11.5 Å². The van der Waals surface area contributed by atoms with Crippen LogP contribution >= 0.6 is 12.4 Å². The molecule has 1 heterocycles. The lowest BCUT2D eigenvalue weighted by Crippen LogP contribution is -2.52. The number of nitrogens with two attached hydrogens (primary N) is 1. The molecule has 148 valence electrons. The number of piperidine rings is 1. The summed E-state index contributed by atoms with van der Waals surface area (Å²) < 4.78 is 34.4. The monoisotopic (exact) mass is 395 g/mol. The van der Waals surface area contributed by atoms with Crippen LogP contribution in [0.3, 0.4) is 0 Å². The summed E-state index contributed by atoms with van der Waals surface area (Å²) in [6.45, 7) is 2.71. The smallest absolute Gasteiger partial charge is 0.387 e. The number of likely N-dealkylation sites (tertiary alicyclic amines) is 1. The van der Waals surface area contributed by atoms with Gasteiger partial charge in [-0.2, -0.15) is 8.78 Å². The van der Waals surface area contributed by atoms with Crippen molar-refractivity contribution in [3.05, 3.63) is 27.8 Å². The van der Waals surface area contributed by atoms with Crippen LogP contribution in [0.2, 0.25) is 0 Å². The van der Waals surface area contributed by atoms with Gasteiger partial charge in [0.1, 0.15) is 0 Å². The molecule has 1 aliphatic rings. The van der Waals surface area contributed by atoms with Crippen molar-refractivity contribution in [1.29, 1.82) is 0 Å². The number of nitrogens with zero attached hydrogens (tertiary/aromatic N) is 2. The third-order valence-electron chi connectivity index (χ3n) is 4.56. The number of rotatable bonds is 6. The summed E-state index contributed by atoms with van der Waals surface area (Å²) in [5.74, 6) is -0.317. The van der Waals surface area contributed by atoms with E-state index in [1.54, 1.807) is 0 Å². The topological polar surface area (TPSA) is 90.9 Å². The van der Waals surface area contributed by atoms with Gasteiger partial charge in [-0.25, -0.2) is 0 Å². The first-order chi connectivity index (χ1) is 11.6. The fraction of sp³-hybridized carbons (Fsp3) is 0.625. The van der Waals surface area contributed by atoms with Crippen molar-refractivity contribution in [1.82, 2.24) is 4.90 Å². The first-order valence-corrected chi connectivity index (χ1v) is 7.92. The highest BCUT2D eigenvalue weighted by atomic mass is 35.5. The van der Waals surface area contributed by atoms with Gasteiger partial charge in [0.15, 0.2) is 11.5 Å². The largest absolute Gasteiger partial charge is 0.493 e. The Morgan fingerprint density at radius 1 is 1.42 bits per heavy atom. The molecule has 1 saturated heterocycles. The second kappa shape index (κ2) is 8.79. The zero-order valence-electron chi connectivity index (χ0n) is 14.9. The number of hydrogen-bond donors (Lipinski definition) is 1. The summed E-state index contributed by atoms with van der Waals surface area (Å²) in [4.78, 5) is 12.8. The molecular weight excluding hydrogens is 372 g/mol. The van der Waals surface area contributed by atoms with Crippen LogP contribution in [0, 0.1) is 15.5 Å². The SMILES string of the molecule is COc1cc(CN2CCC(N)C(C)(C)C2)c([N+](=O)[O-])cc1OC(F)F.Cl. The number of nitro groups is 1. The van der Waals surface area contributed by atoms with Crippen LogP contribution in [0.1, 0.15) is 25.8 Å². The van der Waals surface area contributed by atoms with Gasteiger partial charge in [0, 0.05) is 31.2 Å². The number of halogens is 3. The van der Waals surface area contributed by atoms with E-state index in [0.717, 1.165) is 12.5 Å². The van der Waals surface area contributed by atoms with Crippen molar-refractivity contribution < 1.29 is 23.2 Å². The maximum absolute atomic E-state index is 12.5. The van der Waals surface area contributed by atoms with Crippen LogP contribution in [-0.2, 0) is 6.54 Å². The van der Waals surface area contributed by atoms with E-state index in [9.17, 15) is 18.9 Å². The van der Waals surface area contributed by atoms with E-state index in [-0.39, 0.29) is 41.1 Å². The third-order valence-corrected chi connectivity index (χ3v) is 4.56. The van der Waals surface area contributed by atoms with E-state index in [0.29, 0.717) is 25.2 Å². The summed E-state index contributed by atoms with van der Waals surface area (Å²) in [5.41, 5.74) is 6.11. The standard InChI is InChI=1S/C16H23F2N3O4.ClH/c1-16(2)9-20(5-4-14(16)19)8-10-6-12(24-3)13(25-15(17)18)7-11(10)21(22)23;/h6-7,14-15H,4-5,8-9,19H2,1-3H3;1H. The summed E-state index contributed by atoms with van der Waals surface area (Å²) in [6.07, 6.45) is 0.782. The Morgan fingerprint density at radius 2 is 2.08 bits per heavy atom. The number of hydrogen-bond acceptors (Lipinski definition) is 6. The number of ether oxygens (including phenoxy) is 2. The molecule has 2 rings (SSSR count). The molecule has 0 amide bonds. The molecule has 2 N–H and O–H groups in total. The van der Waals surface area contributed by atoms with Crippen LogP contribution in [-0.4, -0.2) is 42.7 Å². The predicted molar refractivity (Wildman–Crippen MR) is 95.2 cm³/mol. The van der Waals surface area contributed by atoms with Crippen LogP contribution in [0.5, 0.6) is 11.5 Å². The van der Waals surface area contributed by atoms with Gasteiger partial charge < -0.3 is 15.2 Å². The summed E-state index contributed by atoms with van der Waals surface area (Å²) in [6, 6.07) is 2.44. The van der Waals surface area contributed by atoms with Gasteiger partial charge >= 0.3 is 6.61 Å². The van der Waals surface area contributed by atoms with E-state index in [1.165, 1.54) is 13.2 Å². The van der Waals surface area contributed by atoms with Crippen molar-refractivity contribution in [2.75, 3.05) is 20.2 Å². The normalized spacial score (nSPS) is 19.7. The number of methoxy groups -OCH3 is 1. The molecule has 26 heavy (non-hydrogen) atoms. The van der Waals surface area contributed by atoms with Gasteiger partial charge in [-0.3, -0.25) is 15.0 Å². The van der Waals surface area contributed by atoms with Gasteiger partial charge in [0.05, 0.1) is 18.1 Å². The van der Waals surface area contributed by atoms with E-state index in [2.05, 4.69) is 23.5 Å². The van der Waals surface area contributed by atoms with Gasteiger partial charge in [-0.1, -0.05) is 13.8 Å². The zero-order valence-corrected chi connectivity index (χ0v) is 15.7. The minimum atomic E-state index is -3.09. The molecule has 0 aliphatic carbocycles. The Balaban J connectivity index is 0.00000338. The molecule has 0 radical (unpaired) electrons. The molecule has 1 atom stereocenters.